The Bertz CT molecular complexity index is 331. The highest BCUT2D eigenvalue weighted by Gasteiger charge is 2.11. The van der Waals surface area contributed by atoms with Crippen LogP contribution in [0.25, 0.3) is 0 Å². The molecule has 1 rings (SSSR count). The smallest absolute Gasteiger partial charge is 0.142 e. The van der Waals surface area contributed by atoms with Gasteiger partial charge in [-0.2, -0.15) is 0 Å². The molecule has 15 heavy (non-hydrogen) atoms. The van der Waals surface area contributed by atoms with Gasteiger partial charge in [0.2, 0.25) is 0 Å². The lowest BCUT2D eigenvalue weighted by Crippen LogP contribution is -2.28. The molecule has 0 saturated heterocycles. The zero-order valence-corrected chi connectivity index (χ0v) is 8.81. The van der Waals surface area contributed by atoms with Gasteiger partial charge in [-0.3, -0.25) is 0 Å². The number of aliphatic hydroxyl groups is 2. The minimum atomic E-state index is -0.506. The third-order valence-electron chi connectivity index (χ3n) is 1.98. The Kier molecular flexibility index (Phi) is 3.99. The van der Waals surface area contributed by atoms with Gasteiger partial charge < -0.3 is 15.1 Å². The van der Waals surface area contributed by atoms with Gasteiger partial charge in [0.15, 0.2) is 0 Å². The number of halogens is 1. The van der Waals surface area contributed by atoms with Crippen molar-refractivity contribution in [1.82, 2.24) is 4.98 Å². The fourth-order valence-corrected chi connectivity index (χ4v) is 1.42. The first-order valence-corrected chi connectivity index (χ1v) is 4.69. The summed E-state index contributed by atoms with van der Waals surface area (Å²) in [5.41, 5.74) is 0.415. The Labute approximate surface area is 88.0 Å². The van der Waals surface area contributed by atoms with Crippen LogP contribution in [0.5, 0.6) is 0 Å². The standard InChI is InChI=1S/C10H15FN2O2/c1-7(15)5-13(2)10-8(6-14)3-9(11)4-12-10/h3-4,7,14-15H,5-6H2,1-2H3. The van der Waals surface area contributed by atoms with E-state index in [0.29, 0.717) is 17.9 Å². The molecule has 2 N–H and O–H groups in total. The van der Waals surface area contributed by atoms with Gasteiger partial charge in [0.1, 0.15) is 11.6 Å². The molecule has 1 aromatic heterocycles. The van der Waals surface area contributed by atoms with E-state index in [2.05, 4.69) is 4.98 Å². The molecule has 0 aromatic carbocycles. The summed E-state index contributed by atoms with van der Waals surface area (Å²) in [6.45, 7) is 1.76. The third kappa shape index (κ3) is 3.14. The molecule has 0 aliphatic rings. The molecule has 1 aromatic rings. The normalized spacial score (nSPS) is 12.6. The van der Waals surface area contributed by atoms with Crippen LogP contribution in [-0.4, -0.2) is 34.9 Å². The van der Waals surface area contributed by atoms with Crippen molar-refractivity contribution in [3.05, 3.63) is 23.6 Å². The van der Waals surface area contributed by atoms with Crippen molar-refractivity contribution in [2.24, 2.45) is 0 Å². The zero-order chi connectivity index (χ0) is 11.4. The summed E-state index contributed by atoms with van der Waals surface area (Å²) in [4.78, 5) is 5.56. The van der Waals surface area contributed by atoms with Crippen LogP contribution >= 0.6 is 0 Å². The molecule has 0 saturated carbocycles. The second kappa shape index (κ2) is 5.04. The number of likely N-dealkylation sites (N-methyl/N-ethyl adjacent to an activating group) is 1. The van der Waals surface area contributed by atoms with Gasteiger partial charge in [-0.15, -0.1) is 0 Å². The molecule has 5 heteroatoms. The van der Waals surface area contributed by atoms with E-state index in [1.807, 2.05) is 0 Å². The van der Waals surface area contributed by atoms with Crippen molar-refractivity contribution in [1.29, 1.82) is 0 Å². The van der Waals surface area contributed by atoms with E-state index in [1.54, 1.807) is 18.9 Å². The molecule has 4 nitrogen and oxygen atoms in total. The summed E-state index contributed by atoms with van der Waals surface area (Å²) >= 11 is 0. The Morgan fingerprint density at radius 1 is 1.60 bits per heavy atom. The molecule has 0 bridgehead atoms. The predicted molar refractivity (Wildman–Crippen MR) is 55.1 cm³/mol. The van der Waals surface area contributed by atoms with Gasteiger partial charge in [-0.1, -0.05) is 0 Å². The van der Waals surface area contributed by atoms with Crippen LogP contribution in [0, 0.1) is 5.82 Å². The summed E-state index contributed by atoms with van der Waals surface area (Å²) in [6.07, 6.45) is 0.584. The first kappa shape index (κ1) is 11.9. The number of hydrogen-bond donors (Lipinski definition) is 2. The number of nitrogens with zero attached hydrogens (tertiary/aromatic N) is 2. The van der Waals surface area contributed by atoms with Crippen LogP contribution in [0.1, 0.15) is 12.5 Å². The Balaban J connectivity index is 2.92. The van der Waals surface area contributed by atoms with E-state index in [0.717, 1.165) is 6.20 Å². The maximum absolute atomic E-state index is 12.8. The van der Waals surface area contributed by atoms with Gasteiger partial charge in [0.25, 0.3) is 0 Å². The van der Waals surface area contributed by atoms with Crippen LogP contribution in [0.2, 0.25) is 0 Å². The van der Waals surface area contributed by atoms with Gasteiger partial charge in [0.05, 0.1) is 18.9 Å². The third-order valence-corrected chi connectivity index (χ3v) is 1.98. The van der Waals surface area contributed by atoms with Crippen molar-refractivity contribution >= 4 is 5.82 Å². The lowest BCUT2D eigenvalue weighted by molar-refractivity contribution is 0.201. The maximum Gasteiger partial charge on any atom is 0.142 e. The lowest BCUT2D eigenvalue weighted by atomic mass is 10.2. The molecule has 0 fully saturated rings. The van der Waals surface area contributed by atoms with Crippen LogP contribution in [-0.2, 0) is 6.61 Å². The van der Waals surface area contributed by atoms with E-state index in [1.165, 1.54) is 6.07 Å². The van der Waals surface area contributed by atoms with E-state index in [9.17, 15) is 9.50 Å². The topological polar surface area (TPSA) is 56.6 Å². The van der Waals surface area contributed by atoms with Crippen LogP contribution in [0.3, 0.4) is 0 Å². The van der Waals surface area contributed by atoms with E-state index >= 15 is 0 Å². The molecule has 0 aliphatic carbocycles. The van der Waals surface area contributed by atoms with Crippen molar-refractivity contribution < 1.29 is 14.6 Å². The number of hydrogen-bond acceptors (Lipinski definition) is 4. The molecule has 0 radical (unpaired) electrons. The first-order valence-electron chi connectivity index (χ1n) is 4.69. The van der Waals surface area contributed by atoms with Crippen LogP contribution in [0.4, 0.5) is 10.2 Å². The highest BCUT2D eigenvalue weighted by molar-refractivity contribution is 5.45. The van der Waals surface area contributed by atoms with Gasteiger partial charge in [0, 0.05) is 19.2 Å². The monoisotopic (exact) mass is 214 g/mol. The highest BCUT2D eigenvalue weighted by Crippen LogP contribution is 2.17. The molecule has 1 heterocycles. The van der Waals surface area contributed by atoms with Gasteiger partial charge >= 0.3 is 0 Å². The molecule has 1 atom stereocenters. The highest BCUT2D eigenvalue weighted by atomic mass is 19.1. The molecule has 0 aliphatic heterocycles. The van der Waals surface area contributed by atoms with Crippen molar-refractivity contribution in [2.45, 2.75) is 19.6 Å². The molecule has 0 amide bonds. The Hall–Kier alpha value is -1.20. The zero-order valence-electron chi connectivity index (χ0n) is 8.81. The van der Waals surface area contributed by atoms with Crippen molar-refractivity contribution in [3.8, 4) is 0 Å². The SMILES string of the molecule is CC(O)CN(C)c1ncc(F)cc1CO. The number of anilines is 1. The number of rotatable bonds is 4. The van der Waals surface area contributed by atoms with Crippen LogP contribution < -0.4 is 4.90 Å². The lowest BCUT2D eigenvalue weighted by Gasteiger charge is -2.21. The molecular weight excluding hydrogens is 199 g/mol. The average Bonchev–Trinajstić information content (AvgIpc) is 2.16. The molecular formula is C10H15FN2O2. The molecule has 84 valence electrons. The van der Waals surface area contributed by atoms with Crippen molar-refractivity contribution in [3.63, 3.8) is 0 Å². The van der Waals surface area contributed by atoms with Gasteiger partial charge in [-0.25, -0.2) is 9.37 Å². The Morgan fingerprint density at radius 3 is 2.80 bits per heavy atom. The molecule has 1 unspecified atom stereocenters. The number of aliphatic hydroxyl groups excluding tert-OH is 2. The minimum absolute atomic E-state index is 0.274. The van der Waals surface area contributed by atoms with Gasteiger partial charge in [-0.05, 0) is 13.0 Å². The quantitative estimate of drug-likeness (QED) is 0.767. The maximum atomic E-state index is 12.8. The number of pyridine rings is 1. The second-order valence-electron chi connectivity index (χ2n) is 3.52. The summed E-state index contributed by atoms with van der Waals surface area (Å²) in [5.74, 6) is 0.00745. The van der Waals surface area contributed by atoms with Crippen LogP contribution in [0.15, 0.2) is 12.3 Å². The largest absolute Gasteiger partial charge is 0.392 e. The summed E-state index contributed by atoms with van der Waals surface area (Å²) < 4.78 is 12.8. The Morgan fingerprint density at radius 2 is 2.27 bits per heavy atom. The predicted octanol–water partition coefficient (Wildman–Crippen LogP) is 0.530. The van der Waals surface area contributed by atoms with E-state index in [-0.39, 0.29) is 6.61 Å². The summed E-state index contributed by atoms with van der Waals surface area (Å²) in [5, 5.41) is 18.2. The second-order valence-corrected chi connectivity index (χ2v) is 3.52. The van der Waals surface area contributed by atoms with Crippen molar-refractivity contribution in [2.75, 3.05) is 18.5 Å². The summed E-state index contributed by atoms with van der Waals surface area (Å²) in [6, 6.07) is 1.24. The average molecular weight is 214 g/mol. The van der Waals surface area contributed by atoms with E-state index in [4.69, 9.17) is 5.11 Å². The fourth-order valence-electron chi connectivity index (χ4n) is 1.42. The molecule has 0 spiro atoms. The fraction of sp³-hybridized carbons (Fsp3) is 0.500. The number of aromatic nitrogens is 1. The minimum Gasteiger partial charge on any atom is -0.392 e. The first-order chi connectivity index (χ1) is 7.04. The van der Waals surface area contributed by atoms with E-state index < -0.39 is 11.9 Å². The summed E-state index contributed by atoms with van der Waals surface area (Å²) in [7, 11) is 1.73.